The summed E-state index contributed by atoms with van der Waals surface area (Å²) in [6.07, 6.45) is 13.6. The molecule has 312 valence electrons. The summed E-state index contributed by atoms with van der Waals surface area (Å²) >= 11 is 0. The average Bonchev–Trinajstić information content (AvgIpc) is 3.96. The Balaban J connectivity index is 1.10. The van der Waals surface area contributed by atoms with Gasteiger partial charge >= 0.3 is 0 Å². The first-order chi connectivity index (χ1) is 27.0. The van der Waals surface area contributed by atoms with E-state index in [9.17, 15) is 20.1 Å². The van der Waals surface area contributed by atoms with Crippen LogP contribution >= 0.6 is 0 Å². The summed E-state index contributed by atoms with van der Waals surface area (Å²) in [6, 6.07) is 10.8. The van der Waals surface area contributed by atoms with E-state index in [1.54, 1.807) is 0 Å². The van der Waals surface area contributed by atoms with Crippen molar-refractivity contribution in [3.8, 4) is 0 Å². The normalized spacial score (nSPS) is 44.9. The molecule has 57 heavy (non-hydrogen) atoms. The maximum Gasteiger partial charge on any atom is 0.162 e. The molecule has 5 aliphatic carbocycles. The fourth-order valence-electron chi connectivity index (χ4n) is 14.6. The van der Waals surface area contributed by atoms with Crippen LogP contribution in [0.5, 0.6) is 0 Å². The SMILES string of the molecule is C[C@@H]1CCO[C@]([C@H]2C[C@@H]3CCC4=C5[C@H]([C@@H](CCc6ccccc6)C[C@@]2(C)[C@]53O)[C@@]2(C)CC[C@H](O)C[C@H]2C4=O)([C@H]2O[C@@H]2[C@](C)(O)C(C)(C)CCC2=CCNC(N)=C2)C1. The zero-order chi connectivity index (χ0) is 40.3. The molecule has 3 heterocycles. The quantitative estimate of drug-likeness (QED) is 0.156. The van der Waals surface area contributed by atoms with Crippen molar-refractivity contribution in [2.24, 2.45) is 57.5 Å². The molecule has 1 aromatic carbocycles. The van der Waals surface area contributed by atoms with Gasteiger partial charge in [-0.15, -0.1) is 0 Å². The number of carbonyl (C=O) groups excluding carboxylic acids is 1. The lowest BCUT2D eigenvalue weighted by molar-refractivity contribution is -0.205. The van der Waals surface area contributed by atoms with Crippen molar-refractivity contribution in [3.63, 3.8) is 0 Å². The number of ether oxygens (including phenoxy) is 2. The second-order valence-electron chi connectivity index (χ2n) is 21.6. The maximum absolute atomic E-state index is 14.8. The number of fused-ring (bicyclic) bond motifs is 2. The highest BCUT2D eigenvalue weighted by Crippen LogP contribution is 2.76. The molecule has 3 aliphatic heterocycles. The highest BCUT2D eigenvalue weighted by Gasteiger charge is 2.78. The zero-order valence-corrected chi connectivity index (χ0v) is 35.5. The molecule has 2 saturated heterocycles. The van der Waals surface area contributed by atoms with Crippen molar-refractivity contribution in [1.82, 2.24) is 5.32 Å². The lowest BCUT2D eigenvalue weighted by Crippen LogP contribution is -2.67. The minimum absolute atomic E-state index is 0.00879. The number of rotatable bonds is 10. The summed E-state index contributed by atoms with van der Waals surface area (Å²) in [5.41, 5.74) is 6.34. The van der Waals surface area contributed by atoms with Crippen molar-refractivity contribution < 1.29 is 29.6 Å². The number of nitrogens with one attached hydrogen (secondary N) is 1. The van der Waals surface area contributed by atoms with Gasteiger partial charge in [-0.05, 0) is 159 Å². The Bertz CT molecular complexity index is 1850. The molecule has 0 bridgehead atoms. The topological polar surface area (TPSA) is 138 Å². The first-order valence-electron chi connectivity index (χ1n) is 22.6. The number of hydrogen-bond donors (Lipinski definition) is 5. The predicted molar refractivity (Wildman–Crippen MR) is 221 cm³/mol. The monoisotopic (exact) mass is 783 g/mol. The van der Waals surface area contributed by atoms with Crippen LogP contribution in [0.2, 0.25) is 0 Å². The number of benzene rings is 1. The van der Waals surface area contributed by atoms with Gasteiger partial charge in [0, 0.05) is 24.5 Å². The lowest BCUT2D eigenvalue weighted by Gasteiger charge is -2.66. The molecule has 0 radical (unpaired) electrons. The van der Waals surface area contributed by atoms with E-state index in [1.807, 2.05) is 13.0 Å². The van der Waals surface area contributed by atoms with Gasteiger partial charge in [0.2, 0.25) is 0 Å². The minimum atomic E-state index is -1.13. The largest absolute Gasteiger partial charge is 0.393 e. The Kier molecular flexibility index (Phi) is 9.65. The van der Waals surface area contributed by atoms with Gasteiger partial charge in [-0.3, -0.25) is 4.79 Å². The Hall–Kier alpha value is -2.49. The van der Waals surface area contributed by atoms with E-state index in [0.717, 1.165) is 81.9 Å². The van der Waals surface area contributed by atoms with E-state index >= 15 is 0 Å². The maximum atomic E-state index is 14.8. The molecule has 8 nitrogen and oxygen atoms in total. The van der Waals surface area contributed by atoms with Crippen molar-refractivity contribution in [2.75, 3.05) is 13.2 Å². The van der Waals surface area contributed by atoms with E-state index in [0.29, 0.717) is 37.6 Å². The molecule has 9 rings (SSSR count). The number of allylic oxidation sites excluding steroid dienone is 3. The molecule has 3 saturated carbocycles. The summed E-state index contributed by atoms with van der Waals surface area (Å²) in [4.78, 5) is 14.8. The van der Waals surface area contributed by atoms with Crippen molar-refractivity contribution in [3.05, 3.63) is 70.6 Å². The number of epoxide rings is 1. The molecule has 8 aliphatic rings. The zero-order valence-electron chi connectivity index (χ0n) is 35.5. The highest BCUT2D eigenvalue weighted by atomic mass is 16.6. The number of aryl methyl sites for hydroxylation is 1. The van der Waals surface area contributed by atoms with Crippen LogP contribution in [0.4, 0.5) is 0 Å². The molecule has 0 unspecified atom stereocenters. The standard InChI is InChI=1S/C49H70N2O6/c1-29-19-23-56-48(27-29,43-42(57-43)47(6,54)44(2,3)20-16-31-18-22-51-38(50)24-31)37-25-33-14-15-35-40-39(45(4)21-17-34(52)26-36(45)41(35)53)32(28-46(37,5)49(33,40)55)13-12-30-10-8-7-9-11-30/h7-11,18,24,29,32-34,36-37,39,42-43,51-52,54-55H,12-17,19-23,25-28,50H2,1-6H3/t29-,32+,33+,34+,36+,37+,39+,42+,43+,45+,46-,47+,48-,49-/m1/s1. The Morgan fingerprint density at radius 2 is 1.81 bits per heavy atom. The fourth-order valence-corrected chi connectivity index (χ4v) is 14.6. The summed E-state index contributed by atoms with van der Waals surface area (Å²) in [7, 11) is 0. The van der Waals surface area contributed by atoms with Crippen molar-refractivity contribution in [2.45, 2.75) is 160 Å². The van der Waals surface area contributed by atoms with E-state index in [-0.39, 0.29) is 46.9 Å². The van der Waals surface area contributed by atoms with Crippen LogP contribution in [0, 0.1) is 51.8 Å². The van der Waals surface area contributed by atoms with E-state index < -0.39 is 39.8 Å². The van der Waals surface area contributed by atoms with E-state index in [2.05, 4.69) is 76.3 Å². The molecule has 0 amide bonds. The molecule has 1 aromatic rings. The van der Waals surface area contributed by atoms with Gasteiger partial charge in [0.25, 0.3) is 0 Å². The predicted octanol–water partition coefficient (Wildman–Crippen LogP) is 7.31. The molecule has 5 fully saturated rings. The van der Waals surface area contributed by atoms with Crippen LogP contribution < -0.4 is 11.1 Å². The van der Waals surface area contributed by atoms with Gasteiger partial charge in [-0.2, -0.15) is 0 Å². The molecule has 6 N–H and O–H groups in total. The highest BCUT2D eigenvalue weighted by molar-refractivity contribution is 6.00. The number of carbonyl (C=O) groups is 1. The first-order valence-corrected chi connectivity index (χ1v) is 22.6. The van der Waals surface area contributed by atoms with E-state index in [4.69, 9.17) is 15.2 Å². The summed E-state index contributed by atoms with van der Waals surface area (Å²) in [5.74, 6) is 1.47. The summed E-state index contributed by atoms with van der Waals surface area (Å²) < 4.78 is 14.1. The van der Waals surface area contributed by atoms with Crippen LogP contribution in [0.1, 0.15) is 124 Å². The number of ketones is 1. The number of aliphatic hydroxyl groups excluding tert-OH is 1. The molecule has 0 aromatic heterocycles. The van der Waals surface area contributed by atoms with Crippen LogP contribution in [0.15, 0.2) is 65.0 Å². The van der Waals surface area contributed by atoms with Crippen LogP contribution in [0.25, 0.3) is 0 Å². The molecular weight excluding hydrogens is 713 g/mol. The average molecular weight is 783 g/mol. The lowest BCUT2D eigenvalue weighted by atomic mass is 9.40. The number of dihydropyridines is 1. The second-order valence-corrected chi connectivity index (χ2v) is 21.6. The van der Waals surface area contributed by atoms with Gasteiger partial charge in [0.1, 0.15) is 17.8 Å². The number of Topliss-reactive ketones (excluding diaryl/α,β-unsaturated/α-hetero) is 1. The van der Waals surface area contributed by atoms with Gasteiger partial charge in [-0.25, -0.2) is 0 Å². The Labute approximate surface area is 341 Å². The van der Waals surface area contributed by atoms with Crippen LogP contribution in [0.3, 0.4) is 0 Å². The fraction of sp³-hybridized carbons (Fsp3) is 0.735. The molecule has 8 heteroatoms. The van der Waals surface area contributed by atoms with Gasteiger partial charge < -0.3 is 35.8 Å². The smallest absolute Gasteiger partial charge is 0.162 e. The van der Waals surface area contributed by atoms with Gasteiger partial charge in [0.15, 0.2) is 5.78 Å². The second kappa shape index (κ2) is 13.8. The number of nitrogens with two attached hydrogens (primary N) is 1. The summed E-state index contributed by atoms with van der Waals surface area (Å²) in [5, 5.41) is 40.7. The van der Waals surface area contributed by atoms with Gasteiger partial charge in [0.05, 0.1) is 23.1 Å². The van der Waals surface area contributed by atoms with Crippen molar-refractivity contribution >= 4 is 5.78 Å². The Morgan fingerprint density at radius 3 is 2.54 bits per heavy atom. The first kappa shape index (κ1) is 39.9. The third-order valence-corrected chi connectivity index (χ3v) is 18.2. The minimum Gasteiger partial charge on any atom is -0.393 e. The van der Waals surface area contributed by atoms with Crippen molar-refractivity contribution in [1.29, 1.82) is 0 Å². The van der Waals surface area contributed by atoms with Crippen LogP contribution in [-0.4, -0.2) is 69.4 Å². The van der Waals surface area contributed by atoms with Gasteiger partial charge in [-0.1, -0.05) is 71.0 Å². The molecule has 0 spiro atoms. The third-order valence-electron chi connectivity index (χ3n) is 18.2. The summed E-state index contributed by atoms with van der Waals surface area (Å²) in [6.45, 7) is 14.7. The molecular formula is C49H70N2O6. The third kappa shape index (κ3) is 5.95. The van der Waals surface area contributed by atoms with E-state index in [1.165, 1.54) is 11.1 Å². The molecule has 14 atom stereocenters. The van der Waals surface area contributed by atoms with Crippen LogP contribution in [-0.2, 0) is 20.7 Å². The Morgan fingerprint density at radius 1 is 1.04 bits per heavy atom. The number of aliphatic hydroxyl groups is 3. The number of hydrogen-bond acceptors (Lipinski definition) is 8.